The largest absolute Gasteiger partial charge is 0.497 e. The molecule has 0 radical (unpaired) electrons. The van der Waals surface area contributed by atoms with Gasteiger partial charge in [-0.2, -0.15) is 0 Å². The molecule has 35 heavy (non-hydrogen) atoms. The number of carbonyl (C=O) groups excluding carboxylic acids is 1. The molecule has 0 spiro atoms. The average molecular weight is 498 g/mol. The highest BCUT2D eigenvalue weighted by Gasteiger charge is 2.24. The molecule has 0 unspecified atom stereocenters. The lowest BCUT2D eigenvalue weighted by molar-refractivity contribution is 0.206. The summed E-state index contributed by atoms with van der Waals surface area (Å²) in [6, 6.07) is 15.6. The number of likely N-dealkylation sites (tertiary alicyclic amines) is 1. The van der Waals surface area contributed by atoms with E-state index in [0.717, 1.165) is 35.4 Å². The second-order valence-electron chi connectivity index (χ2n) is 8.62. The van der Waals surface area contributed by atoms with Crippen LogP contribution in [0.1, 0.15) is 18.5 Å². The third-order valence-corrected chi connectivity index (χ3v) is 7.62. The van der Waals surface area contributed by atoms with E-state index in [1.807, 2.05) is 37.3 Å². The SMILES string of the molecule is COc1ccc(S(=O)(=O)NC2CCN(CCNC(=O)Nc3cc(C)nc4ccccc34)CC2)cc1. The number of aromatic nitrogens is 1. The molecule has 0 aliphatic carbocycles. The molecule has 1 fully saturated rings. The maximum Gasteiger partial charge on any atom is 0.319 e. The molecule has 1 aliphatic rings. The van der Waals surface area contributed by atoms with Crippen LogP contribution in [0, 0.1) is 6.92 Å². The first kappa shape index (κ1) is 24.9. The molecule has 186 valence electrons. The summed E-state index contributed by atoms with van der Waals surface area (Å²) in [6.07, 6.45) is 1.42. The number of hydrogen-bond acceptors (Lipinski definition) is 6. The van der Waals surface area contributed by atoms with E-state index in [1.54, 1.807) is 31.4 Å². The Morgan fingerprint density at radius 1 is 1.11 bits per heavy atom. The number of aryl methyl sites for hydroxylation is 1. The van der Waals surface area contributed by atoms with Crippen LogP contribution in [-0.4, -0.2) is 63.7 Å². The Balaban J connectivity index is 1.21. The fraction of sp³-hybridized carbons (Fsp3) is 0.360. The van der Waals surface area contributed by atoms with Gasteiger partial charge in [0, 0.05) is 30.2 Å². The number of para-hydroxylation sites is 1. The summed E-state index contributed by atoms with van der Waals surface area (Å²) in [5.41, 5.74) is 2.41. The molecule has 3 N–H and O–H groups in total. The van der Waals surface area contributed by atoms with Crippen molar-refractivity contribution in [1.82, 2.24) is 19.9 Å². The van der Waals surface area contributed by atoms with Gasteiger partial charge in [-0.1, -0.05) is 18.2 Å². The van der Waals surface area contributed by atoms with Crippen LogP contribution in [0.4, 0.5) is 10.5 Å². The minimum atomic E-state index is -3.57. The number of fused-ring (bicyclic) bond motifs is 1. The van der Waals surface area contributed by atoms with Crippen LogP contribution in [-0.2, 0) is 10.0 Å². The Hall–Kier alpha value is -3.21. The van der Waals surface area contributed by atoms with Crippen LogP contribution >= 0.6 is 0 Å². The number of anilines is 1. The van der Waals surface area contributed by atoms with E-state index in [-0.39, 0.29) is 17.0 Å². The Kier molecular flexibility index (Phi) is 7.84. The Morgan fingerprint density at radius 3 is 2.54 bits per heavy atom. The summed E-state index contributed by atoms with van der Waals surface area (Å²) in [6.45, 7) is 4.61. The predicted molar refractivity (Wildman–Crippen MR) is 136 cm³/mol. The van der Waals surface area contributed by atoms with E-state index in [4.69, 9.17) is 4.74 Å². The Morgan fingerprint density at radius 2 is 1.83 bits per heavy atom. The van der Waals surface area contributed by atoms with Gasteiger partial charge >= 0.3 is 6.03 Å². The van der Waals surface area contributed by atoms with E-state index in [9.17, 15) is 13.2 Å². The highest BCUT2D eigenvalue weighted by molar-refractivity contribution is 7.89. The minimum absolute atomic E-state index is 0.113. The Labute approximate surface area is 205 Å². The van der Waals surface area contributed by atoms with Gasteiger partial charge in [0.05, 0.1) is 23.2 Å². The van der Waals surface area contributed by atoms with Crippen LogP contribution < -0.4 is 20.1 Å². The molecule has 0 atom stereocenters. The lowest BCUT2D eigenvalue weighted by atomic mass is 10.1. The van der Waals surface area contributed by atoms with Gasteiger partial charge in [-0.25, -0.2) is 17.9 Å². The number of pyridine rings is 1. The number of sulfonamides is 1. The molecule has 4 rings (SSSR count). The van der Waals surface area contributed by atoms with Gasteiger partial charge in [0.1, 0.15) is 5.75 Å². The van der Waals surface area contributed by atoms with Crippen LogP contribution in [0.2, 0.25) is 0 Å². The highest BCUT2D eigenvalue weighted by atomic mass is 32.2. The van der Waals surface area contributed by atoms with E-state index < -0.39 is 10.0 Å². The van der Waals surface area contributed by atoms with Crippen LogP contribution in [0.5, 0.6) is 5.75 Å². The molecule has 1 saturated heterocycles. The minimum Gasteiger partial charge on any atom is -0.497 e. The van der Waals surface area contributed by atoms with Crippen molar-refractivity contribution in [1.29, 1.82) is 0 Å². The van der Waals surface area contributed by atoms with Crippen molar-refractivity contribution < 1.29 is 17.9 Å². The molecular formula is C25H31N5O4S. The molecule has 1 aromatic heterocycles. The zero-order valence-corrected chi connectivity index (χ0v) is 20.8. The fourth-order valence-electron chi connectivity index (χ4n) is 4.22. The van der Waals surface area contributed by atoms with Crippen LogP contribution in [0.15, 0.2) is 59.5 Å². The van der Waals surface area contributed by atoms with E-state index >= 15 is 0 Å². The zero-order chi connectivity index (χ0) is 24.8. The maximum atomic E-state index is 12.7. The first-order valence-electron chi connectivity index (χ1n) is 11.6. The second-order valence-corrected chi connectivity index (χ2v) is 10.3. The summed E-state index contributed by atoms with van der Waals surface area (Å²) in [4.78, 5) is 19.4. The topological polar surface area (TPSA) is 113 Å². The molecule has 10 heteroatoms. The van der Waals surface area contributed by atoms with Gasteiger partial charge in [-0.3, -0.25) is 4.98 Å². The third-order valence-electron chi connectivity index (χ3n) is 6.09. The molecular weight excluding hydrogens is 466 g/mol. The van der Waals surface area contributed by atoms with Crippen molar-refractivity contribution >= 4 is 32.6 Å². The summed E-state index contributed by atoms with van der Waals surface area (Å²) < 4.78 is 33.2. The normalized spacial score (nSPS) is 15.1. The summed E-state index contributed by atoms with van der Waals surface area (Å²) in [7, 11) is -2.03. The van der Waals surface area contributed by atoms with E-state index in [0.29, 0.717) is 31.7 Å². The summed E-state index contributed by atoms with van der Waals surface area (Å²) in [5.74, 6) is 0.615. The molecule has 0 bridgehead atoms. The maximum absolute atomic E-state index is 12.7. The quantitative estimate of drug-likeness (QED) is 0.441. The van der Waals surface area contributed by atoms with Gasteiger partial charge < -0.3 is 20.3 Å². The van der Waals surface area contributed by atoms with Crippen LogP contribution in [0.3, 0.4) is 0 Å². The summed E-state index contributed by atoms with van der Waals surface area (Å²) in [5, 5.41) is 6.73. The number of benzene rings is 2. The number of rotatable bonds is 8. The number of urea groups is 1. The predicted octanol–water partition coefficient (Wildman–Crippen LogP) is 3.12. The van der Waals surface area contributed by atoms with Crippen molar-refractivity contribution in [2.24, 2.45) is 0 Å². The van der Waals surface area contributed by atoms with Crippen molar-refractivity contribution in [3.63, 3.8) is 0 Å². The zero-order valence-electron chi connectivity index (χ0n) is 20.0. The Bertz CT molecular complexity index is 1270. The van der Waals surface area contributed by atoms with Gasteiger partial charge in [0.15, 0.2) is 0 Å². The first-order chi connectivity index (χ1) is 16.8. The lowest BCUT2D eigenvalue weighted by Gasteiger charge is -2.32. The highest BCUT2D eigenvalue weighted by Crippen LogP contribution is 2.23. The number of amides is 2. The van der Waals surface area contributed by atoms with Crippen LogP contribution in [0.25, 0.3) is 10.9 Å². The number of methoxy groups -OCH3 is 1. The van der Waals surface area contributed by atoms with Crippen molar-refractivity contribution in [2.75, 3.05) is 38.6 Å². The number of nitrogens with zero attached hydrogens (tertiary/aromatic N) is 2. The molecule has 9 nitrogen and oxygen atoms in total. The molecule has 1 aliphatic heterocycles. The number of ether oxygens (including phenoxy) is 1. The van der Waals surface area contributed by atoms with Gasteiger partial charge in [-0.05, 0) is 69.3 Å². The lowest BCUT2D eigenvalue weighted by Crippen LogP contribution is -2.46. The molecule has 2 heterocycles. The van der Waals surface area contributed by atoms with Gasteiger partial charge in [0.2, 0.25) is 10.0 Å². The number of piperidine rings is 1. The van der Waals surface area contributed by atoms with E-state index in [1.165, 1.54) is 0 Å². The smallest absolute Gasteiger partial charge is 0.319 e. The molecule has 3 aromatic rings. The molecule has 2 amide bonds. The van der Waals surface area contributed by atoms with Gasteiger partial charge in [0.25, 0.3) is 0 Å². The van der Waals surface area contributed by atoms with Crippen molar-refractivity contribution in [2.45, 2.75) is 30.7 Å². The standard InChI is InChI=1S/C25H31N5O4S/c1-18-17-24(22-5-3-4-6-23(22)27-18)28-25(31)26-13-16-30-14-11-19(12-15-30)29-35(32,33)21-9-7-20(34-2)8-10-21/h3-10,17,19,29H,11-16H2,1-2H3,(H2,26,27,28,31). The monoisotopic (exact) mass is 497 g/mol. The van der Waals surface area contributed by atoms with Gasteiger partial charge in [-0.15, -0.1) is 0 Å². The van der Waals surface area contributed by atoms with E-state index in [2.05, 4.69) is 25.2 Å². The second kappa shape index (κ2) is 11.0. The van der Waals surface area contributed by atoms with Crippen molar-refractivity contribution in [3.05, 3.63) is 60.3 Å². The number of nitrogens with one attached hydrogen (secondary N) is 3. The average Bonchev–Trinajstić information content (AvgIpc) is 2.85. The first-order valence-corrected chi connectivity index (χ1v) is 13.1. The number of carbonyl (C=O) groups is 1. The number of hydrogen-bond donors (Lipinski definition) is 3. The summed E-state index contributed by atoms with van der Waals surface area (Å²) >= 11 is 0. The third kappa shape index (κ3) is 6.47. The van der Waals surface area contributed by atoms with Crippen molar-refractivity contribution in [3.8, 4) is 5.75 Å². The molecule has 0 saturated carbocycles. The molecule has 2 aromatic carbocycles. The fourth-order valence-corrected chi connectivity index (χ4v) is 5.53.